The maximum Gasteiger partial charge on any atom is 0.322 e. The fraction of sp³-hybridized carbons (Fsp3) is 0.400. The minimum absolute atomic E-state index is 0.240. The van der Waals surface area contributed by atoms with Gasteiger partial charge in [-0.15, -0.1) is 0 Å². The molecule has 0 spiro atoms. The molecule has 0 aliphatic rings. The quantitative estimate of drug-likeness (QED) is 0.630. The van der Waals surface area contributed by atoms with Crippen molar-refractivity contribution in [1.29, 1.82) is 0 Å². The molecular formula is C15H20N2O4S. The van der Waals surface area contributed by atoms with Crippen LogP contribution in [0.5, 0.6) is 0 Å². The van der Waals surface area contributed by atoms with Gasteiger partial charge in [-0.3, -0.25) is 14.4 Å². The number of benzene rings is 1. The van der Waals surface area contributed by atoms with Gasteiger partial charge >= 0.3 is 5.97 Å². The summed E-state index contributed by atoms with van der Waals surface area (Å²) in [7, 11) is 0. The first-order valence-corrected chi connectivity index (χ1v) is 8.09. The number of nitrogens with one attached hydrogen (secondary N) is 2. The number of carbonyl (C=O) groups excluding carboxylic acids is 2. The van der Waals surface area contributed by atoms with Gasteiger partial charge in [0.2, 0.25) is 11.8 Å². The van der Waals surface area contributed by atoms with Gasteiger partial charge in [-0.2, -0.15) is 11.8 Å². The average Bonchev–Trinajstić information content (AvgIpc) is 2.52. The van der Waals surface area contributed by atoms with Crippen LogP contribution in [0.1, 0.15) is 18.9 Å². The van der Waals surface area contributed by atoms with E-state index in [0.717, 1.165) is 5.56 Å². The van der Waals surface area contributed by atoms with Crippen LogP contribution in [0.15, 0.2) is 30.3 Å². The first kappa shape index (κ1) is 18.0. The zero-order valence-electron chi connectivity index (χ0n) is 12.4. The molecule has 6 nitrogen and oxygen atoms in total. The van der Waals surface area contributed by atoms with Crippen LogP contribution < -0.4 is 10.6 Å². The molecule has 22 heavy (non-hydrogen) atoms. The van der Waals surface area contributed by atoms with E-state index in [-0.39, 0.29) is 12.3 Å². The number of amides is 2. The Hall–Kier alpha value is -2.02. The molecule has 0 saturated heterocycles. The molecule has 0 aromatic heterocycles. The Morgan fingerprint density at radius 1 is 1.23 bits per heavy atom. The molecule has 1 aromatic carbocycles. The minimum atomic E-state index is -1.12. The third-order valence-electron chi connectivity index (χ3n) is 2.78. The van der Waals surface area contributed by atoms with Crippen molar-refractivity contribution in [2.24, 2.45) is 0 Å². The van der Waals surface area contributed by atoms with Crippen molar-refractivity contribution < 1.29 is 19.5 Å². The van der Waals surface area contributed by atoms with Crippen molar-refractivity contribution in [3.8, 4) is 0 Å². The number of hydrogen-bond acceptors (Lipinski definition) is 4. The largest absolute Gasteiger partial charge is 0.480 e. The normalized spacial score (nSPS) is 11.5. The highest BCUT2D eigenvalue weighted by atomic mass is 32.2. The van der Waals surface area contributed by atoms with Crippen molar-refractivity contribution in [2.75, 3.05) is 12.3 Å². The summed E-state index contributed by atoms with van der Waals surface area (Å²) in [5.74, 6) is -0.746. The molecule has 1 atom stereocenters. The maximum atomic E-state index is 11.9. The van der Waals surface area contributed by atoms with Crippen molar-refractivity contribution in [1.82, 2.24) is 10.6 Å². The second-order valence-electron chi connectivity index (χ2n) is 4.59. The van der Waals surface area contributed by atoms with Gasteiger partial charge < -0.3 is 15.7 Å². The van der Waals surface area contributed by atoms with Gasteiger partial charge in [-0.05, 0) is 5.56 Å². The summed E-state index contributed by atoms with van der Waals surface area (Å²) in [4.78, 5) is 33.9. The van der Waals surface area contributed by atoms with Gasteiger partial charge in [-0.25, -0.2) is 0 Å². The van der Waals surface area contributed by atoms with E-state index >= 15 is 0 Å². The Kier molecular flexibility index (Phi) is 8.06. The fourth-order valence-corrected chi connectivity index (χ4v) is 2.65. The van der Waals surface area contributed by atoms with Crippen LogP contribution in [-0.4, -0.2) is 41.2 Å². The number of carbonyl (C=O) groups is 3. The Morgan fingerprint density at radius 2 is 1.91 bits per heavy atom. The van der Waals surface area contributed by atoms with E-state index in [1.54, 1.807) is 6.92 Å². The first-order chi connectivity index (χ1) is 10.5. The minimum Gasteiger partial charge on any atom is -0.480 e. The molecule has 0 aliphatic heterocycles. The first-order valence-electron chi connectivity index (χ1n) is 6.93. The smallest absolute Gasteiger partial charge is 0.322 e. The summed E-state index contributed by atoms with van der Waals surface area (Å²) in [5, 5.41) is 13.5. The molecule has 7 heteroatoms. The second kappa shape index (κ2) is 9.83. The lowest BCUT2D eigenvalue weighted by molar-refractivity contribution is -0.138. The van der Waals surface area contributed by atoms with E-state index in [2.05, 4.69) is 10.6 Å². The van der Waals surface area contributed by atoms with Crippen LogP contribution in [0.25, 0.3) is 0 Å². The highest BCUT2D eigenvalue weighted by Crippen LogP contribution is 2.13. The summed E-state index contributed by atoms with van der Waals surface area (Å²) in [6, 6.07) is 9.03. The van der Waals surface area contributed by atoms with Crippen LogP contribution in [0.3, 0.4) is 0 Å². The predicted octanol–water partition coefficient (Wildman–Crippen LogP) is 1.02. The van der Waals surface area contributed by atoms with Gasteiger partial charge in [-0.1, -0.05) is 37.3 Å². The highest BCUT2D eigenvalue weighted by Gasteiger charge is 2.20. The summed E-state index contributed by atoms with van der Waals surface area (Å²) in [6.45, 7) is 1.24. The maximum absolute atomic E-state index is 11.9. The van der Waals surface area contributed by atoms with Crippen LogP contribution in [0.2, 0.25) is 0 Å². The van der Waals surface area contributed by atoms with Gasteiger partial charge in [0, 0.05) is 17.9 Å². The van der Waals surface area contributed by atoms with E-state index in [1.807, 2.05) is 30.3 Å². The lowest BCUT2D eigenvalue weighted by Crippen LogP contribution is -2.49. The number of rotatable bonds is 9. The van der Waals surface area contributed by atoms with Gasteiger partial charge in [0.05, 0.1) is 0 Å². The third-order valence-corrected chi connectivity index (χ3v) is 3.89. The lowest BCUT2D eigenvalue weighted by atomic mass is 10.2. The zero-order valence-corrected chi connectivity index (χ0v) is 13.2. The molecular weight excluding hydrogens is 304 g/mol. The molecule has 1 unspecified atom stereocenters. The fourth-order valence-electron chi connectivity index (χ4n) is 1.63. The van der Waals surface area contributed by atoms with Crippen LogP contribution in [-0.2, 0) is 20.1 Å². The van der Waals surface area contributed by atoms with E-state index in [0.29, 0.717) is 11.5 Å². The molecule has 1 rings (SSSR count). The lowest BCUT2D eigenvalue weighted by Gasteiger charge is -2.17. The molecule has 2 amide bonds. The van der Waals surface area contributed by atoms with Crippen molar-refractivity contribution in [3.05, 3.63) is 35.9 Å². The topological polar surface area (TPSA) is 95.5 Å². The van der Waals surface area contributed by atoms with Crippen LogP contribution >= 0.6 is 11.8 Å². The molecule has 0 fully saturated rings. The highest BCUT2D eigenvalue weighted by molar-refractivity contribution is 7.98. The molecule has 120 valence electrons. The molecule has 0 heterocycles. The van der Waals surface area contributed by atoms with Crippen molar-refractivity contribution >= 4 is 29.5 Å². The molecule has 1 aromatic rings. The van der Waals surface area contributed by atoms with E-state index in [1.165, 1.54) is 11.8 Å². The summed E-state index contributed by atoms with van der Waals surface area (Å²) >= 11 is 1.51. The number of aliphatic carboxylic acids is 1. The molecule has 0 saturated carbocycles. The summed E-state index contributed by atoms with van der Waals surface area (Å²) in [6.07, 6.45) is 0.270. The van der Waals surface area contributed by atoms with E-state index in [4.69, 9.17) is 5.11 Å². The third kappa shape index (κ3) is 7.12. The summed E-state index contributed by atoms with van der Waals surface area (Å²) in [5.41, 5.74) is 1.12. The number of carboxylic acid groups (broad SMARTS) is 1. The van der Waals surface area contributed by atoms with Gasteiger partial charge in [0.25, 0.3) is 0 Å². The molecule has 0 aliphatic carbocycles. The average molecular weight is 324 g/mol. The summed E-state index contributed by atoms with van der Waals surface area (Å²) < 4.78 is 0. The predicted molar refractivity (Wildman–Crippen MR) is 85.5 cm³/mol. The van der Waals surface area contributed by atoms with Gasteiger partial charge in [0.1, 0.15) is 12.6 Å². The Labute approximate surface area is 133 Å². The van der Waals surface area contributed by atoms with E-state index in [9.17, 15) is 14.4 Å². The SMILES string of the molecule is CCC(=O)NC(CSCc1ccccc1)C(=O)NCC(=O)O. The van der Waals surface area contributed by atoms with Crippen LogP contribution in [0, 0.1) is 0 Å². The standard InChI is InChI=1S/C15H20N2O4S/c1-2-13(18)17-12(15(21)16-8-14(19)20)10-22-9-11-6-4-3-5-7-11/h3-7,12H,2,8-10H2,1H3,(H,16,21)(H,17,18)(H,19,20). The zero-order chi connectivity index (χ0) is 16.4. The number of hydrogen-bond donors (Lipinski definition) is 3. The second-order valence-corrected chi connectivity index (χ2v) is 5.62. The van der Waals surface area contributed by atoms with Crippen molar-refractivity contribution in [3.63, 3.8) is 0 Å². The van der Waals surface area contributed by atoms with Crippen LogP contribution in [0.4, 0.5) is 0 Å². The molecule has 3 N–H and O–H groups in total. The Morgan fingerprint density at radius 3 is 2.50 bits per heavy atom. The Bertz CT molecular complexity index is 508. The van der Waals surface area contributed by atoms with Gasteiger partial charge in [0.15, 0.2) is 0 Å². The molecule has 0 radical (unpaired) electrons. The number of carboxylic acids is 1. The monoisotopic (exact) mass is 324 g/mol. The number of thioether (sulfide) groups is 1. The van der Waals surface area contributed by atoms with E-state index < -0.39 is 24.5 Å². The van der Waals surface area contributed by atoms with Crippen molar-refractivity contribution in [2.45, 2.75) is 25.1 Å². The molecule has 0 bridgehead atoms. The Balaban J connectivity index is 2.51.